The molecule has 1 aromatic rings. The number of nitrogens with two attached hydrogens (primary N) is 1. The van der Waals surface area contributed by atoms with Crippen molar-refractivity contribution in [1.29, 1.82) is 0 Å². The molecule has 0 amide bonds. The Morgan fingerprint density at radius 1 is 1.25 bits per heavy atom. The Hall–Kier alpha value is -1.35. The second-order valence-electron chi connectivity index (χ2n) is 3.58. The maximum atomic E-state index is 11.3. The fourth-order valence-electron chi connectivity index (χ4n) is 1.30. The summed E-state index contributed by atoms with van der Waals surface area (Å²) in [6.45, 7) is 1.01. The van der Waals surface area contributed by atoms with Crippen molar-refractivity contribution < 1.29 is 9.53 Å². The summed E-state index contributed by atoms with van der Waals surface area (Å²) in [6, 6.07) is 9.65. The van der Waals surface area contributed by atoms with E-state index in [9.17, 15) is 4.79 Å². The van der Waals surface area contributed by atoms with Crippen LogP contribution in [0.4, 0.5) is 0 Å². The predicted octanol–water partition coefficient (Wildman–Crippen LogP) is 2.06. The van der Waals surface area contributed by atoms with E-state index in [1.54, 1.807) is 6.42 Å². The van der Waals surface area contributed by atoms with Gasteiger partial charge >= 0.3 is 5.97 Å². The summed E-state index contributed by atoms with van der Waals surface area (Å²) < 4.78 is 5.08. The van der Waals surface area contributed by atoms with Crippen LogP contribution in [0.15, 0.2) is 30.3 Å². The highest BCUT2D eigenvalue weighted by Crippen LogP contribution is 2.03. The highest BCUT2D eigenvalue weighted by molar-refractivity contribution is 5.78. The highest BCUT2D eigenvalue weighted by atomic mass is 16.5. The van der Waals surface area contributed by atoms with E-state index in [0.29, 0.717) is 13.2 Å². The molecule has 0 fully saturated rings. The Kier molecular flexibility index (Phi) is 6.26. The third kappa shape index (κ3) is 5.51. The van der Waals surface area contributed by atoms with E-state index in [0.717, 1.165) is 24.8 Å². The van der Waals surface area contributed by atoms with Crippen molar-refractivity contribution in [2.45, 2.75) is 25.9 Å². The number of unbranched alkanes of at least 4 members (excludes halogenated alkanes) is 2. The lowest BCUT2D eigenvalue weighted by Crippen LogP contribution is -2.05. The second kappa shape index (κ2) is 7.88. The summed E-state index contributed by atoms with van der Waals surface area (Å²) in [5.74, 6) is -0.249. The summed E-state index contributed by atoms with van der Waals surface area (Å²) >= 11 is 0. The van der Waals surface area contributed by atoms with Gasteiger partial charge in [0.25, 0.3) is 0 Å². The molecular formula is C13H18NO2. The Balaban J connectivity index is 2.11. The molecule has 1 aromatic carbocycles. The van der Waals surface area contributed by atoms with E-state index in [-0.39, 0.29) is 5.97 Å². The molecule has 1 rings (SSSR count). The van der Waals surface area contributed by atoms with E-state index >= 15 is 0 Å². The molecule has 16 heavy (non-hydrogen) atoms. The first kappa shape index (κ1) is 12.7. The van der Waals surface area contributed by atoms with Gasteiger partial charge in [0.1, 0.15) is 6.61 Å². The zero-order chi connectivity index (χ0) is 11.6. The van der Waals surface area contributed by atoms with E-state index in [1.807, 2.05) is 30.3 Å². The molecule has 0 heterocycles. The van der Waals surface area contributed by atoms with Crippen LogP contribution in [0.1, 0.15) is 24.8 Å². The standard InChI is InChI=1S/C13H18NO2/c14-10-6-2-5-9-13(15)16-11-12-7-3-1-4-8-12/h1,3-4,7-9H,2,5-6,10-11,14H2. The molecule has 0 atom stereocenters. The molecule has 1 radical (unpaired) electrons. The van der Waals surface area contributed by atoms with Crippen LogP contribution in [-0.2, 0) is 16.1 Å². The lowest BCUT2D eigenvalue weighted by atomic mass is 10.2. The van der Waals surface area contributed by atoms with Gasteiger partial charge in [-0.15, -0.1) is 0 Å². The first-order valence-corrected chi connectivity index (χ1v) is 5.57. The van der Waals surface area contributed by atoms with Crippen molar-refractivity contribution >= 4 is 5.97 Å². The molecule has 3 heteroatoms. The smallest absolute Gasteiger partial charge is 0.310 e. The Bertz CT molecular complexity index is 298. The summed E-state index contributed by atoms with van der Waals surface area (Å²) in [5, 5.41) is 0. The van der Waals surface area contributed by atoms with Crippen LogP contribution in [0.5, 0.6) is 0 Å². The summed E-state index contributed by atoms with van der Waals surface area (Å²) in [4.78, 5) is 11.3. The van der Waals surface area contributed by atoms with Gasteiger partial charge in [0.2, 0.25) is 0 Å². The fourth-order valence-corrected chi connectivity index (χ4v) is 1.30. The van der Waals surface area contributed by atoms with E-state index < -0.39 is 0 Å². The molecule has 0 saturated heterocycles. The van der Waals surface area contributed by atoms with Crippen LogP contribution >= 0.6 is 0 Å². The van der Waals surface area contributed by atoms with Crippen LogP contribution in [0, 0.1) is 6.42 Å². The van der Waals surface area contributed by atoms with Crippen LogP contribution in [0.3, 0.4) is 0 Å². The quantitative estimate of drug-likeness (QED) is 0.565. The van der Waals surface area contributed by atoms with Crippen LogP contribution < -0.4 is 5.73 Å². The molecule has 3 nitrogen and oxygen atoms in total. The van der Waals surface area contributed by atoms with Crippen molar-refractivity contribution in [3.8, 4) is 0 Å². The number of carbonyl (C=O) groups is 1. The minimum Gasteiger partial charge on any atom is -0.461 e. The predicted molar refractivity (Wildman–Crippen MR) is 63.4 cm³/mol. The van der Waals surface area contributed by atoms with E-state index in [1.165, 1.54) is 0 Å². The topological polar surface area (TPSA) is 52.3 Å². The van der Waals surface area contributed by atoms with Gasteiger partial charge in [-0.05, 0) is 24.9 Å². The van der Waals surface area contributed by atoms with Gasteiger partial charge in [0.05, 0.1) is 6.42 Å². The lowest BCUT2D eigenvalue weighted by molar-refractivity contribution is -0.140. The van der Waals surface area contributed by atoms with Crippen molar-refractivity contribution in [1.82, 2.24) is 0 Å². The molecule has 0 aliphatic carbocycles. The van der Waals surface area contributed by atoms with Crippen molar-refractivity contribution in [2.24, 2.45) is 5.73 Å². The zero-order valence-corrected chi connectivity index (χ0v) is 9.39. The molecular weight excluding hydrogens is 202 g/mol. The zero-order valence-electron chi connectivity index (χ0n) is 9.39. The van der Waals surface area contributed by atoms with E-state index in [4.69, 9.17) is 10.5 Å². The minimum absolute atomic E-state index is 0.249. The number of benzene rings is 1. The third-order valence-corrected chi connectivity index (χ3v) is 2.19. The number of carbonyl (C=O) groups excluding carboxylic acids is 1. The molecule has 0 aliphatic heterocycles. The van der Waals surface area contributed by atoms with Gasteiger partial charge in [0.15, 0.2) is 0 Å². The fraction of sp³-hybridized carbons (Fsp3) is 0.385. The number of esters is 1. The van der Waals surface area contributed by atoms with E-state index in [2.05, 4.69) is 0 Å². The third-order valence-electron chi connectivity index (χ3n) is 2.19. The van der Waals surface area contributed by atoms with Crippen LogP contribution in [-0.4, -0.2) is 12.5 Å². The largest absolute Gasteiger partial charge is 0.461 e. The van der Waals surface area contributed by atoms with Gasteiger partial charge in [-0.3, -0.25) is 4.79 Å². The number of hydrogen-bond acceptors (Lipinski definition) is 3. The molecule has 0 aromatic heterocycles. The van der Waals surface area contributed by atoms with Crippen molar-refractivity contribution in [3.63, 3.8) is 0 Å². The van der Waals surface area contributed by atoms with Gasteiger partial charge in [-0.1, -0.05) is 36.8 Å². The average Bonchev–Trinajstić information content (AvgIpc) is 2.33. The second-order valence-corrected chi connectivity index (χ2v) is 3.58. The van der Waals surface area contributed by atoms with Gasteiger partial charge in [-0.25, -0.2) is 0 Å². The molecule has 0 spiro atoms. The maximum Gasteiger partial charge on any atom is 0.310 e. The number of ether oxygens (including phenoxy) is 1. The molecule has 87 valence electrons. The molecule has 0 unspecified atom stereocenters. The van der Waals surface area contributed by atoms with Gasteiger partial charge < -0.3 is 10.5 Å². The monoisotopic (exact) mass is 220 g/mol. The molecule has 0 bridgehead atoms. The highest BCUT2D eigenvalue weighted by Gasteiger charge is 2.03. The molecule has 0 saturated carbocycles. The van der Waals surface area contributed by atoms with Crippen LogP contribution in [0.2, 0.25) is 0 Å². The Labute approximate surface area is 96.6 Å². The first-order chi connectivity index (χ1) is 7.83. The average molecular weight is 220 g/mol. The first-order valence-electron chi connectivity index (χ1n) is 5.57. The molecule has 2 N–H and O–H groups in total. The van der Waals surface area contributed by atoms with Gasteiger partial charge in [-0.2, -0.15) is 0 Å². The van der Waals surface area contributed by atoms with Crippen LogP contribution in [0.25, 0.3) is 0 Å². The van der Waals surface area contributed by atoms with Crippen molar-refractivity contribution in [3.05, 3.63) is 42.3 Å². The Morgan fingerprint density at radius 3 is 2.69 bits per heavy atom. The summed E-state index contributed by atoms with van der Waals surface area (Å²) in [6.07, 6.45) is 4.21. The number of hydrogen-bond donors (Lipinski definition) is 1. The van der Waals surface area contributed by atoms with Crippen molar-refractivity contribution in [2.75, 3.05) is 6.54 Å². The maximum absolute atomic E-state index is 11.3. The normalized spacial score (nSPS) is 10.1. The van der Waals surface area contributed by atoms with Gasteiger partial charge in [0, 0.05) is 0 Å². The number of rotatable bonds is 7. The SMILES string of the molecule is NCCCC[CH]C(=O)OCc1ccccc1. The summed E-state index contributed by atoms with van der Waals surface area (Å²) in [7, 11) is 0. The lowest BCUT2D eigenvalue weighted by Gasteiger charge is -2.04. The molecule has 0 aliphatic rings. The Morgan fingerprint density at radius 2 is 2.00 bits per heavy atom. The minimum atomic E-state index is -0.249. The summed E-state index contributed by atoms with van der Waals surface area (Å²) in [5.41, 5.74) is 6.36.